The fourth-order valence-electron chi connectivity index (χ4n) is 3.34. The number of halogens is 1. The Morgan fingerprint density at radius 1 is 0.931 bits per heavy atom. The Hall–Kier alpha value is -3.61. The van der Waals surface area contributed by atoms with E-state index in [9.17, 15) is 4.39 Å². The first kappa shape index (κ1) is 18.7. The molecule has 0 spiro atoms. The first-order valence-corrected chi connectivity index (χ1v) is 9.12. The highest BCUT2D eigenvalue weighted by atomic mass is 19.1. The molecule has 2 heterocycles. The van der Waals surface area contributed by atoms with E-state index in [0.717, 1.165) is 39.7 Å². The van der Waals surface area contributed by atoms with E-state index in [2.05, 4.69) is 10.4 Å². The van der Waals surface area contributed by atoms with Gasteiger partial charge in [0.2, 0.25) is 0 Å². The molecule has 4 aromatic rings. The Balaban J connectivity index is 1.86. The van der Waals surface area contributed by atoms with Gasteiger partial charge in [0, 0.05) is 23.0 Å². The molecule has 0 bridgehead atoms. The van der Waals surface area contributed by atoms with Crippen molar-refractivity contribution in [3.8, 4) is 22.6 Å². The maximum atomic E-state index is 13.2. The number of anilines is 2. The second kappa shape index (κ2) is 7.43. The molecule has 1 N–H and O–H groups in total. The molecule has 148 valence electrons. The summed E-state index contributed by atoms with van der Waals surface area (Å²) in [4.78, 5) is 4.72. The molecule has 0 aliphatic carbocycles. The van der Waals surface area contributed by atoms with Crippen LogP contribution < -0.4 is 14.8 Å². The molecule has 2 aromatic heterocycles. The van der Waals surface area contributed by atoms with Crippen LogP contribution >= 0.6 is 0 Å². The summed E-state index contributed by atoms with van der Waals surface area (Å²) in [5.41, 5.74) is 5.00. The standard InChI is InChI=1S/C22H21FN4O2/c1-13-11-20(25-17-8-6-16(23)7-9-17)27-22(24-13)21(14(2)26-27)15-5-10-18(28-3)19(12-15)29-4/h5-12,25H,1-4H3. The molecule has 29 heavy (non-hydrogen) atoms. The van der Waals surface area contributed by atoms with E-state index in [1.807, 2.05) is 38.1 Å². The average Bonchev–Trinajstić information content (AvgIpc) is 3.05. The molecule has 7 heteroatoms. The normalized spacial score (nSPS) is 10.9. The lowest BCUT2D eigenvalue weighted by Gasteiger charge is -2.11. The highest BCUT2D eigenvalue weighted by Gasteiger charge is 2.18. The van der Waals surface area contributed by atoms with Crippen molar-refractivity contribution < 1.29 is 13.9 Å². The summed E-state index contributed by atoms with van der Waals surface area (Å²) in [5, 5.41) is 7.98. The lowest BCUT2D eigenvalue weighted by Crippen LogP contribution is -2.02. The lowest BCUT2D eigenvalue weighted by atomic mass is 10.1. The third-order valence-corrected chi connectivity index (χ3v) is 4.68. The smallest absolute Gasteiger partial charge is 0.165 e. The van der Waals surface area contributed by atoms with Crippen molar-refractivity contribution in [3.05, 3.63) is 65.7 Å². The minimum absolute atomic E-state index is 0.280. The number of hydrogen-bond donors (Lipinski definition) is 1. The van der Waals surface area contributed by atoms with Gasteiger partial charge in [0.15, 0.2) is 17.1 Å². The van der Waals surface area contributed by atoms with E-state index in [-0.39, 0.29) is 5.82 Å². The first-order valence-electron chi connectivity index (χ1n) is 9.12. The van der Waals surface area contributed by atoms with Gasteiger partial charge in [-0.2, -0.15) is 9.61 Å². The molecule has 0 saturated carbocycles. The number of hydrogen-bond acceptors (Lipinski definition) is 5. The quantitative estimate of drug-likeness (QED) is 0.523. The third kappa shape index (κ3) is 3.47. The summed E-state index contributed by atoms with van der Waals surface area (Å²) < 4.78 is 25.8. The fraction of sp³-hybridized carbons (Fsp3) is 0.182. The Labute approximate surface area is 167 Å². The van der Waals surface area contributed by atoms with Crippen LogP contribution in [0.15, 0.2) is 48.5 Å². The molecule has 0 fully saturated rings. The second-order valence-corrected chi connectivity index (χ2v) is 6.68. The van der Waals surface area contributed by atoms with E-state index in [0.29, 0.717) is 11.5 Å². The molecule has 0 unspecified atom stereocenters. The van der Waals surface area contributed by atoms with Crippen LogP contribution in [0.4, 0.5) is 15.9 Å². The zero-order valence-electron chi connectivity index (χ0n) is 16.7. The zero-order chi connectivity index (χ0) is 20.5. The summed E-state index contributed by atoms with van der Waals surface area (Å²) in [6.07, 6.45) is 0. The van der Waals surface area contributed by atoms with Gasteiger partial charge in [-0.05, 0) is 55.8 Å². The van der Waals surface area contributed by atoms with E-state index in [1.54, 1.807) is 30.9 Å². The van der Waals surface area contributed by atoms with Gasteiger partial charge in [-0.3, -0.25) is 0 Å². The minimum Gasteiger partial charge on any atom is -0.493 e. The van der Waals surface area contributed by atoms with E-state index < -0.39 is 0 Å². The van der Waals surface area contributed by atoms with Gasteiger partial charge in [-0.1, -0.05) is 6.07 Å². The Kier molecular flexibility index (Phi) is 4.80. The topological polar surface area (TPSA) is 60.7 Å². The molecule has 4 rings (SSSR count). The van der Waals surface area contributed by atoms with Crippen molar-refractivity contribution >= 4 is 17.2 Å². The lowest BCUT2D eigenvalue weighted by molar-refractivity contribution is 0.355. The van der Waals surface area contributed by atoms with Crippen molar-refractivity contribution in [1.29, 1.82) is 0 Å². The van der Waals surface area contributed by atoms with Crippen LogP contribution in [-0.2, 0) is 0 Å². The van der Waals surface area contributed by atoms with Gasteiger partial charge >= 0.3 is 0 Å². The van der Waals surface area contributed by atoms with Crippen LogP contribution in [-0.4, -0.2) is 28.8 Å². The summed E-state index contributed by atoms with van der Waals surface area (Å²) in [5.74, 6) is 1.76. The predicted octanol–water partition coefficient (Wildman–Crippen LogP) is 4.91. The molecule has 0 aliphatic heterocycles. The van der Waals surface area contributed by atoms with Crippen LogP contribution in [0.5, 0.6) is 11.5 Å². The van der Waals surface area contributed by atoms with Gasteiger partial charge in [-0.25, -0.2) is 9.37 Å². The number of nitrogens with one attached hydrogen (secondary N) is 1. The van der Waals surface area contributed by atoms with Crippen LogP contribution in [0, 0.1) is 19.7 Å². The molecular formula is C22H21FN4O2. The number of benzene rings is 2. The minimum atomic E-state index is -0.280. The molecule has 0 radical (unpaired) electrons. The third-order valence-electron chi connectivity index (χ3n) is 4.68. The van der Waals surface area contributed by atoms with E-state index >= 15 is 0 Å². The van der Waals surface area contributed by atoms with Crippen molar-refractivity contribution in [2.45, 2.75) is 13.8 Å². The van der Waals surface area contributed by atoms with Crippen molar-refractivity contribution in [2.24, 2.45) is 0 Å². The summed E-state index contributed by atoms with van der Waals surface area (Å²) >= 11 is 0. The molecule has 0 saturated heterocycles. The van der Waals surface area contributed by atoms with Gasteiger partial charge in [-0.15, -0.1) is 0 Å². The Bertz CT molecular complexity index is 1190. The van der Waals surface area contributed by atoms with Gasteiger partial charge in [0.05, 0.1) is 19.9 Å². The van der Waals surface area contributed by atoms with Crippen LogP contribution in [0.25, 0.3) is 16.8 Å². The number of methoxy groups -OCH3 is 2. The first-order chi connectivity index (χ1) is 14.0. The highest BCUT2D eigenvalue weighted by molar-refractivity contribution is 5.82. The van der Waals surface area contributed by atoms with Crippen LogP contribution in [0.2, 0.25) is 0 Å². The van der Waals surface area contributed by atoms with E-state index in [1.165, 1.54) is 12.1 Å². The number of aromatic nitrogens is 3. The fourth-order valence-corrected chi connectivity index (χ4v) is 3.34. The highest BCUT2D eigenvalue weighted by Crippen LogP contribution is 2.36. The number of ether oxygens (including phenoxy) is 2. The molecule has 2 aromatic carbocycles. The van der Waals surface area contributed by atoms with Crippen LogP contribution in [0.1, 0.15) is 11.4 Å². The average molecular weight is 392 g/mol. The number of rotatable bonds is 5. The van der Waals surface area contributed by atoms with Gasteiger partial charge in [0.25, 0.3) is 0 Å². The summed E-state index contributed by atoms with van der Waals surface area (Å²) in [6.45, 7) is 3.87. The SMILES string of the molecule is COc1ccc(-c2c(C)nn3c(Nc4ccc(F)cc4)cc(C)nc23)cc1OC. The maximum Gasteiger partial charge on any atom is 0.165 e. The summed E-state index contributed by atoms with van der Waals surface area (Å²) in [7, 11) is 3.22. The van der Waals surface area contributed by atoms with Crippen molar-refractivity contribution in [1.82, 2.24) is 14.6 Å². The Morgan fingerprint density at radius 3 is 2.34 bits per heavy atom. The van der Waals surface area contributed by atoms with Crippen molar-refractivity contribution in [3.63, 3.8) is 0 Å². The second-order valence-electron chi connectivity index (χ2n) is 6.68. The van der Waals surface area contributed by atoms with Crippen LogP contribution in [0.3, 0.4) is 0 Å². The maximum absolute atomic E-state index is 13.2. The zero-order valence-corrected chi connectivity index (χ0v) is 16.7. The summed E-state index contributed by atoms with van der Waals surface area (Å²) in [6, 6.07) is 13.8. The Morgan fingerprint density at radius 2 is 1.66 bits per heavy atom. The van der Waals surface area contributed by atoms with Gasteiger partial charge in [0.1, 0.15) is 11.6 Å². The predicted molar refractivity (Wildman–Crippen MR) is 111 cm³/mol. The number of fused-ring (bicyclic) bond motifs is 1. The molecule has 0 amide bonds. The monoisotopic (exact) mass is 392 g/mol. The molecule has 0 aliphatic rings. The van der Waals surface area contributed by atoms with E-state index in [4.69, 9.17) is 14.5 Å². The van der Waals surface area contributed by atoms with Gasteiger partial charge < -0.3 is 14.8 Å². The molecular weight excluding hydrogens is 371 g/mol. The molecule has 6 nitrogen and oxygen atoms in total. The van der Waals surface area contributed by atoms with Crippen molar-refractivity contribution in [2.75, 3.05) is 19.5 Å². The molecule has 0 atom stereocenters. The number of aryl methyl sites for hydroxylation is 2. The number of nitrogens with zero attached hydrogens (tertiary/aromatic N) is 3. The largest absolute Gasteiger partial charge is 0.493 e.